The number of anilines is 3. The van der Waals surface area contributed by atoms with Crippen LogP contribution in [0.4, 0.5) is 17.1 Å². The maximum Gasteiger partial charge on any atom is 0.135 e. The Bertz CT molecular complexity index is 3650. The van der Waals surface area contributed by atoms with Crippen LogP contribution in [0, 0.1) is 25.7 Å². The second-order valence-corrected chi connectivity index (χ2v) is 24.5. The van der Waals surface area contributed by atoms with Crippen LogP contribution in [0.15, 0.2) is 122 Å². The van der Waals surface area contributed by atoms with E-state index in [4.69, 9.17) is 9.72 Å². The van der Waals surface area contributed by atoms with Crippen molar-refractivity contribution in [2.24, 2.45) is 0 Å². The molecule has 3 aliphatic rings. The Morgan fingerprint density at radius 1 is 0.603 bits per heavy atom. The summed E-state index contributed by atoms with van der Waals surface area (Å²) < 4.78 is 9.19. The summed E-state index contributed by atoms with van der Waals surface area (Å²) >= 11 is 0. The minimum Gasteiger partial charge on any atom is -0.509 e. The molecule has 7 nitrogen and oxygen atoms in total. The summed E-state index contributed by atoms with van der Waals surface area (Å²) in [5, 5.41) is 2.19. The van der Waals surface area contributed by atoms with E-state index in [1.54, 1.807) is 6.33 Å². The molecule has 372 valence electrons. The zero-order chi connectivity index (χ0) is 50.6. The van der Waals surface area contributed by atoms with Crippen LogP contribution < -0.4 is 14.5 Å². The van der Waals surface area contributed by atoms with E-state index >= 15 is 0 Å². The molecule has 8 heteroatoms. The maximum absolute atomic E-state index is 7.00. The molecule has 0 N–H and O–H groups in total. The van der Waals surface area contributed by atoms with Crippen LogP contribution in [0.3, 0.4) is 0 Å². The standard InChI is InChI=1S/C65H63N6O.Pt/c1-38-26-57(68-35-48(38)39-33-66-36-67-34-39)71-53-20-16-15-18-44(53)45-24-22-42(31-55(45)71)72-43-23-25-49-56(32-43)70-37-69(14)54-21-17-19-50(60(54)70)65(49)58-46(27-40(61(2,3)4)29-51(58)63(8,9)10)47-28-41(62(5,6)7)30-52(59(47)65)64(11,12)13;/h15-30,33-37H,1-14H3;/q-3;. The quantitative estimate of drug-likeness (QED) is 0.164. The topological polar surface area (TPSA) is 59.3 Å². The van der Waals surface area contributed by atoms with Gasteiger partial charge in [-0.15, -0.1) is 35.2 Å². The molecule has 0 amide bonds. The van der Waals surface area contributed by atoms with Gasteiger partial charge in [0.1, 0.15) is 12.1 Å². The number of aromatic nitrogens is 4. The van der Waals surface area contributed by atoms with Gasteiger partial charge in [0, 0.05) is 84.6 Å². The van der Waals surface area contributed by atoms with Crippen molar-refractivity contribution in [1.29, 1.82) is 0 Å². The number of hydrogen-bond donors (Lipinski definition) is 0. The van der Waals surface area contributed by atoms with Crippen molar-refractivity contribution in [2.75, 3.05) is 16.8 Å². The molecule has 12 rings (SSSR count). The first-order valence-corrected chi connectivity index (χ1v) is 25.4. The van der Waals surface area contributed by atoms with E-state index in [0.717, 1.165) is 50.0 Å². The molecule has 0 saturated heterocycles. The minimum atomic E-state index is -0.686. The number of aryl methyl sites for hydroxylation is 1. The van der Waals surface area contributed by atoms with Gasteiger partial charge in [0.2, 0.25) is 0 Å². The SMILES string of the molecule is Cc1cc(-n2c3[c-]c(Oc4[c-]c5c(cc4)C4(c6cccc7c6N5[CH-]N7C)c5c(cc(C(C)(C)C)cc5C(C)(C)C)-c5cc(C(C)(C)C)cc(C(C)(C)C)c54)ccc3c3ccccc32)ncc1-c1cncnc1.[Pt]. The summed E-state index contributed by atoms with van der Waals surface area (Å²) in [6.45, 7) is 32.8. The van der Waals surface area contributed by atoms with Crippen LogP contribution in [0.1, 0.15) is 133 Å². The summed E-state index contributed by atoms with van der Waals surface area (Å²) in [7, 11) is 2.16. The van der Waals surface area contributed by atoms with Crippen LogP contribution in [0.25, 0.3) is 49.9 Å². The van der Waals surface area contributed by atoms with E-state index in [0.29, 0.717) is 11.5 Å². The molecule has 0 saturated carbocycles. The van der Waals surface area contributed by atoms with Gasteiger partial charge in [-0.1, -0.05) is 149 Å². The predicted octanol–water partition coefficient (Wildman–Crippen LogP) is 15.9. The van der Waals surface area contributed by atoms with E-state index in [9.17, 15) is 0 Å². The number of para-hydroxylation sites is 2. The third-order valence-corrected chi connectivity index (χ3v) is 15.5. The molecule has 0 bridgehead atoms. The Morgan fingerprint density at radius 3 is 1.84 bits per heavy atom. The molecule has 6 aromatic carbocycles. The molecule has 5 heterocycles. The molecule has 0 fully saturated rings. The summed E-state index contributed by atoms with van der Waals surface area (Å²) in [5.41, 5.74) is 20.4. The second kappa shape index (κ2) is 16.5. The Balaban J connectivity index is 0.00000574. The van der Waals surface area contributed by atoms with Crippen molar-refractivity contribution in [2.45, 2.75) is 117 Å². The van der Waals surface area contributed by atoms with Crippen molar-refractivity contribution in [1.82, 2.24) is 19.5 Å². The van der Waals surface area contributed by atoms with E-state index in [-0.39, 0.29) is 42.7 Å². The van der Waals surface area contributed by atoms with Gasteiger partial charge in [0.05, 0.1) is 0 Å². The van der Waals surface area contributed by atoms with Gasteiger partial charge in [-0.05, 0) is 115 Å². The number of benzene rings is 6. The summed E-state index contributed by atoms with van der Waals surface area (Å²) in [6.07, 6.45) is 7.12. The molecule has 1 spiro atoms. The summed E-state index contributed by atoms with van der Waals surface area (Å²) in [4.78, 5) is 18.2. The number of nitrogens with zero attached hydrogens (tertiary/aromatic N) is 6. The molecule has 1 aliphatic carbocycles. The number of fused-ring (bicyclic) bond motifs is 12. The Labute approximate surface area is 446 Å². The fourth-order valence-corrected chi connectivity index (χ4v) is 11.9. The fraction of sp³-hybridized carbons (Fsp3) is 0.292. The van der Waals surface area contributed by atoms with Gasteiger partial charge >= 0.3 is 0 Å². The molecular formula is C65H63N6OPt-3. The van der Waals surface area contributed by atoms with Gasteiger partial charge in [-0.2, -0.15) is 18.8 Å². The van der Waals surface area contributed by atoms with Crippen molar-refractivity contribution >= 4 is 38.9 Å². The van der Waals surface area contributed by atoms with Crippen LogP contribution in [0.2, 0.25) is 0 Å². The summed E-state index contributed by atoms with van der Waals surface area (Å²) in [5.74, 6) is 2.01. The molecule has 0 atom stereocenters. The zero-order valence-corrected chi connectivity index (χ0v) is 46.8. The number of hydrogen-bond acceptors (Lipinski definition) is 6. The van der Waals surface area contributed by atoms with Crippen LogP contribution in [0.5, 0.6) is 11.5 Å². The van der Waals surface area contributed by atoms with E-state index in [1.807, 2.05) is 24.7 Å². The van der Waals surface area contributed by atoms with Crippen LogP contribution in [-0.4, -0.2) is 26.6 Å². The third-order valence-electron chi connectivity index (χ3n) is 15.5. The fourth-order valence-electron chi connectivity index (χ4n) is 11.9. The van der Waals surface area contributed by atoms with Gasteiger partial charge < -0.3 is 19.1 Å². The van der Waals surface area contributed by atoms with Crippen molar-refractivity contribution < 1.29 is 25.8 Å². The number of pyridine rings is 1. The molecule has 73 heavy (non-hydrogen) atoms. The zero-order valence-electron chi connectivity index (χ0n) is 44.5. The number of rotatable bonds is 4. The summed E-state index contributed by atoms with van der Waals surface area (Å²) in [6, 6.07) is 44.0. The molecular weight excluding hydrogens is 1080 g/mol. The predicted molar refractivity (Wildman–Crippen MR) is 295 cm³/mol. The first-order valence-electron chi connectivity index (χ1n) is 25.4. The largest absolute Gasteiger partial charge is 0.509 e. The second-order valence-electron chi connectivity index (χ2n) is 24.5. The van der Waals surface area contributed by atoms with Crippen molar-refractivity contribution in [3.8, 4) is 39.6 Å². The average molecular weight is 1140 g/mol. The maximum atomic E-state index is 7.00. The molecule has 2 aliphatic heterocycles. The number of ether oxygens (including phenoxy) is 1. The Kier molecular flexibility index (Phi) is 11.0. The first kappa shape index (κ1) is 48.7. The van der Waals surface area contributed by atoms with Gasteiger partial charge in [0.25, 0.3) is 0 Å². The monoisotopic (exact) mass is 1140 g/mol. The first-order chi connectivity index (χ1) is 34.0. The average Bonchev–Trinajstić information content (AvgIpc) is 3.95. The molecule has 0 radical (unpaired) electrons. The van der Waals surface area contributed by atoms with Gasteiger partial charge in [-0.3, -0.25) is 0 Å². The van der Waals surface area contributed by atoms with Crippen LogP contribution >= 0.6 is 0 Å². The van der Waals surface area contributed by atoms with E-state index in [2.05, 4.69) is 231 Å². The van der Waals surface area contributed by atoms with E-state index in [1.165, 1.54) is 67.0 Å². The minimum absolute atomic E-state index is 0. The smallest absolute Gasteiger partial charge is 0.135 e. The van der Waals surface area contributed by atoms with Crippen LogP contribution in [-0.2, 0) is 48.1 Å². The van der Waals surface area contributed by atoms with Crippen molar-refractivity contribution in [3.05, 3.63) is 191 Å². The molecule has 9 aromatic rings. The van der Waals surface area contributed by atoms with Gasteiger partial charge in [-0.25, -0.2) is 15.0 Å². The van der Waals surface area contributed by atoms with E-state index < -0.39 is 5.41 Å². The van der Waals surface area contributed by atoms with Gasteiger partial charge in [0.15, 0.2) is 0 Å². The Hall–Kier alpha value is -6.56. The molecule has 0 unspecified atom stereocenters. The van der Waals surface area contributed by atoms with Crippen molar-refractivity contribution in [3.63, 3.8) is 0 Å². The normalized spacial score (nSPS) is 14.6. The molecule has 3 aromatic heterocycles. The third kappa shape index (κ3) is 7.34. The Morgan fingerprint density at radius 2 is 1.22 bits per heavy atom.